The molecular weight excluding hydrogens is 383 g/mol. The van der Waals surface area contributed by atoms with E-state index < -0.39 is 29.4 Å². The van der Waals surface area contributed by atoms with Crippen LogP contribution in [-0.2, 0) is 15.7 Å². The molecule has 0 saturated carbocycles. The first-order valence-corrected chi connectivity index (χ1v) is 8.86. The summed E-state index contributed by atoms with van der Waals surface area (Å²) in [6.45, 7) is 1.59. The Balaban J connectivity index is 2.02. The zero-order chi connectivity index (χ0) is 20.9. The van der Waals surface area contributed by atoms with E-state index in [1.54, 1.807) is 31.2 Å². The number of hydrogen-bond acceptors (Lipinski definition) is 4. The van der Waals surface area contributed by atoms with Gasteiger partial charge in [0.15, 0.2) is 5.78 Å². The predicted molar refractivity (Wildman–Crippen MR) is 99.7 cm³/mol. The molecule has 0 radical (unpaired) electrons. The van der Waals surface area contributed by atoms with Crippen molar-refractivity contribution < 1.29 is 27.5 Å². The molecule has 4 rings (SSSR count). The molecule has 1 unspecified atom stereocenters. The maximum Gasteiger partial charge on any atom is 0.416 e. The Kier molecular flexibility index (Phi) is 4.33. The summed E-state index contributed by atoms with van der Waals surface area (Å²) >= 11 is 0. The maximum absolute atomic E-state index is 13.8. The number of rotatable bonds is 2. The van der Waals surface area contributed by atoms with E-state index in [-0.39, 0.29) is 16.7 Å². The van der Waals surface area contributed by atoms with Gasteiger partial charge in [-0.25, -0.2) is 4.79 Å². The van der Waals surface area contributed by atoms with Crippen molar-refractivity contribution >= 4 is 17.4 Å². The topological polar surface area (TPSA) is 55.4 Å². The summed E-state index contributed by atoms with van der Waals surface area (Å²) in [7, 11) is 1.16. The number of nitrogens with one attached hydrogen (secondary N) is 1. The first-order chi connectivity index (χ1) is 13.8. The van der Waals surface area contributed by atoms with E-state index in [1.165, 1.54) is 18.2 Å². The molecule has 2 aliphatic rings. The molecule has 2 aromatic carbocycles. The number of carbonyl (C=O) groups is 2. The van der Waals surface area contributed by atoms with Gasteiger partial charge in [-0.15, -0.1) is 0 Å². The second-order valence-corrected chi connectivity index (χ2v) is 6.84. The second-order valence-electron chi connectivity index (χ2n) is 6.84. The summed E-state index contributed by atoms with van der Waals surface area (Å²) in [6.07, 6.45) is -4.65. The first kappa shape index (κ1) is 19.0. The number of dihydropyridines is 1. The average Bonchev–Trinajstić information content (AvgIpc) is 2.98. The minimum absolute atomic E-state index is 0.0101. The lowest BCUT2D eigenvalue weighted by Gasteiger charge is -2.30. The number of carbonyl (C=O) groups excluding carboxylic acids is 2. The number of halogens is 3. The fourth-order valence-corrected chi connectivity index (χ4v) is 4.03. The summed E-state index contributed by atoms with van der Waals surface area (Å²) < 4.78 is 46.1. The van der Waals surface area contributed by atoms with Crippen molar-refractivity contribution in [2.75, 3.05) is 7.11 Å². The molecule has 29 heavy (non-hydrogen) atoms. The molecular formula is C22H16F3NO3. The van der Waals surface area contributed by atoms with Gasteiger partial charge < -0.3 is 10.1 Å². The molecule has 1 aliphatic carbocycles. The minimum Gasteiger partial charge on any atom is -0.466 e. The van der Waals surface area contributed by atoms with E-state index in [2.05, 4.69) is 5.32 Å². The van der Waals surface area contributed by atoms with Crippen molar-refractivity contribution in [3.8, 4) is 0 Å². The highest BCUT2D eigenvalue weighted by atomic mass is 19.4. The molecule has 0 saturated heterocycles. The van der Waals surface area contributed by atoms with Gasteiger partial charge in [0.05, 0.1) is 23.9 Å². The summed E-state index contributed by atoms with van der Waals surface area (Å²) in [6, 6.07) is 11.8. The molecule has 4 nitrogen and oxygen atoms in total. The Bertz CT molecular complexity index is 1110. The van der Waals surface area contributed by atoms with Crippen LogP contribution < -0.4 is 5.32 Å². The number of esters is 1. The zero-order valence-corrected chi connectivity index (χ0v) is 15.6. The summed E-state index contributed by atoms with van der Waals surface area (Å²) in [5.74, 6) is -2.39. The van der Waals surface area contributed by atoms with Crippen LogP contribution in [0.1, 0.15) is 39.9 Å². The highest BCUT2D eigenvalue weighted by Crippen LogP contribution is 2.49. The van der Waals surface area contributed by atoms with Crippen molar-refractivity contribution in [2.24, 2.45) is 0 Å². The van der Waals surface area contributed by atoms with E-state index in [0.717, 1.165) is 13.2 Å². The third-order valence-corrected chi connectivity index (χ3v) is 5.23. The third-order valence-electron chi connectivity index (χ3n) is 5.23. The number of hydrogen-bond donors (Lipinski definition) is 1. The van der Waals surface area contributed by atoms with Crippen LogP contribution in [-0.4, -0.2) is 18.9 Å². The van der Waals surface area contributed by atoms with Gasteiger partial charge in [0.2, 0.25) is 0 Å². The van der Waals surface area contributed by atoms with Crippen LogP contribution in [0.4, 0.5) is 13.2 Å². The van der Waals surface area contributed by atoms with E-state index in [1.807, 2.05) is 0 Å². The first-order valence-electron chi connectivity index (χ1n) is 8.86. The Labute approximate surface area is 164 Å². The van der Waals surface area contributed by atoms with Gasteiger partial charge in [0.25, 0.3) is 0 Å². The molecule has 0 fully saturated rings. The van der Waals surface area contributed by atoms with Crippen LogP contribution in [0.25, 0.3) is 5.70 Å². The van der Waals surface area contributed by atoms with Crippen LogP contribution in [0.5, 0.6) is 0 Å². The molecule has 1 aliphatic heterocycles. The van der Waals surface area contributed by atoms with Crippen LogP contribution in [0.2, 0.25) is 0 Å². The average molecular weight is 399 g/mol. The molecule has 0 amide bonds. The third kappa shape index (κ3) is 2.85. The number of alkyl halides is 3. The number of ether oxygens (including phenoxy) is 1. The number of ketones is 1. The lowest BCUT2D eigenvalue weighted by molar-refractivity contribution is -0.139. The lowest BCUT2D eigenvalue weighted by Crippen LogP contribution is -2.30. The van der Waals surface area contributed by atoms with Crippen molar-refractivity contribution in [1.82, 2.24) is 5.32 Å². The number of fused-ring (bicyclic) bond motifs is 2. The van der Waals surface area contributed by atoms with E-state index >= 15 is 0 Å². The van der Waals surface area contributed by atoms with Crippen LogP contribution >= 0.6 is 0 Å². The monoisotopic (exact) mass is 399 g/mol. The number of allylic oxidation sites excluding steroid dienone is 2. The second kappa shape index (κ2) is 6.62. The zero-order valence-electron chi connectivity index (χ0n) is 15.6. The molecule has 0 spiro atoms. The molecule has 0 bridgehead atoms. The predicted octanol–water partition coefficient (Wildman–Crippen LogP) is 4.45. The van der Waals surface area contributed by atoms with Gasteiger partial charge in [-0.3, -0.25) is 4.79 Å². The SMILES string of the molecule is COC(=O)C1=C(C)NC2=C(C(=O)c3ccccc32)C1c1ccccc1C(F)(F)F. The Morgan fingerprint density at radius 2 is 1.66 bits per heavy atom. The van der Waals surface area contributed by atoms with E-state index in [0.29, 0.717) is 22.5 Å². The minimum atomic E-state index is -4.65. The normalized spacial score (nSPS) is 18.4. The van der Waals surface area contributed by atoms with Gasteiger partial charge in [0, 0.05) is 28.3 Å². The summed E-state index contributed by atoms with van der Waals surface area (Å²) in [4.78, 5) is 25.7. The standard InChI is InChI=1S/C22H16F3NO3/c1-11-16(21(28)29-2)17(14-9-5-6-10-15(14)22(23,24)25)18-19(26-11)12-7-3-4-8-13(12)20(18)27/h3-10,17,26H,1-2H3. The van der Waals surface area contributed by atoms with E-state index in [4.69, 9.17) is 4.74 Å². The Hall–Kier alpha value is -3.35. The summed E-state index contributed by atoms with van der Waals surface area (Å²) in [5.41, 5.74) is 0.827. The number of Topliss-reactive ketones (excluding diaryl/α,β-unsaturated/α-hetero) is 1. The fourth-order valence-electron chi connectivity index (χ4n) is 4.03. The molecule has 7 heteroatoms. The Morgan fingerprint density at radius 1 is 1.03 bits per heavy atom. The van der Waals surface area contributed by atoms with Crippen LogP contribution in [0.15, 0.2) is 65.4 Å². The van der Waals surface area contributed by atoms with Gasteiger partial charge in [0.1, 0.15) is 0 Å². The highest BCUT2D eigenvalue weighted by molar-refractivity contribution is 6.23. The molecule has 2 aromatic rings. The van der Waals surface area contributed by atoms with Gasteiger partial charge in [-0.1, -0.05) is 42.5 Å². The maximum atomic E-state index is 13.8. The van der Waals surface area contributed by atoms with Gasteiger partial charge in [-0.2, -0.15) is 13.2 Å². The van der Waals surface area contributed by atoms with Crippen molar-refractivity contribution in [3.05, 3.63) is 87.6 Å². The highest BCUT2D eigenvalue weighted by Gasteiger charge is 2.45. The van der Waals surface area contributed by atoms with Crippen molar-refractivity contribution in [1.29, 1.82) is 0 Å². The van der Waals surface area contributed by atoms with Gasteiger partial charge in [-0.05, 0) is 18.6 Å². The summed E-state index contributed by atoms with van der Waals surface area (Å²) in [5, 5.41) is 3.04. The van der Waals surface area contributed by atoms with Crippen LogP contribution in [0, 0.1) is 0 Å². The molecule has 148 valence electrons. The fraction of sp³-hybridized carbons (Fsp3) is 0.182. The number of benzene rings is 2. The molecule has 0 aromatic heterocycles. The largest absolute Gasteiger partial charge is 0.466 e. The Morgan fingerprint density at radius 3 is 2.31 bits per heavy atom. The van der Waals surface area contributed by atoms with Crippen molar-refractivity contribution in [3.63, 3.8) is 0 Å². The molecule has 1 atom stereocenters. The van der Waals surface area contributed by atoms with Crippen LogP contribution in [0.3, 0.4) is 0 Å². The van der Waals surface area contributed by atoms with Crippen molar-refractivity contribution in [2.45, 2.75) is 19.0 Å². The van der Waals surface area contributed by atoms with Gasteiger partial charge >= 0.3 is 12.1 Å². The smallest absolute Gasteiger partial charge is 0.416 e. The molecule has 1 N–H and O–H groups in total. The number of methoxy groups -OCH3 is 1. The quantitative estimate of drug-likeness (QED) is 0.759. The van der Waals surface area contributed by atoms with E-state index in [9.17, 15) is 22.8 Å². The molecule has 1 heterocycles. The lowest BCUT2D eigenvalue weighted by atomic mass is 9.78.